The molecule has 1 aliphatic rings. The molecular formula is C20H29N3S. The van der Waals surface area contributed by atoms with Crippen LogP contribution in [0.3, 0.4) is 0 Å². The molecule has 1 aromatic heterocycles. The SMILES string of the molecule is Cc1ccc(-c2nc(C)c(CN3CCN(C(C)C)CC3)s2)cc1C. The fraction of sp³-hybridized carbons (Fsp3) is 0.550. The van der Waals surface area contributed by atoms with Gasteiger partial charge in [-0.05, 0) is 51.8 Å². The molecule has 3 rings (SSSR count). The van der Waals surface area contributed by atoms with Gasteiger partial charge in [-0.25, -0.2) is 4.98 Å². The number of hydrogen-bond acceptors (Lipinski definition) is 4. The topological polar surface area (TPSA) is 19.4 Å². The summed E-state index contributed by atoms with van der Waals surface area (Å²) in [5, 5.41) is 1.16. The van der Waals surface area contributed by atoms with Crippen LogP contribution in [0.2, 0.25) is 0 Å². The van der Waals surface area contributed by atoms with Crippen molar-refractivity contribution in [3.8, 4) is 10.6 Å². The minimum Gasteiger partial charge on any atom is -0.298 e. The van der Waals surface area contributed by atoms with Crippen molar-refractivity contribution in [2.24, 2.45) is 0 Å². The second kappa shape index (κ2) is 7.34. The molecule has 0 saturated carbocycles. The average molecular weight is 344 g/mol. The van der Waals surface area contributed by atoms with E-state index in [9.17, 15) is 0 Å². The second-order valence-electron chi connectivity index (χ2n) is 7.23. The van der Waals surface area contributed by atoms with Crippen molar-refractivity contribution in [2.75, 3.05) is 26.2 Å². The van der Waals surface area contributed by atoms with Crippen LogP contribution < -0.4 is 0 Å². The van der Waals surface area contributed by atoms with Gasteiger partial charge in [-0.3, -0.25) is 9.80 Å². The van der Waals surface area contributed by atoms with Crippen molar-refractivity contribution in [3.63, 3.8) is 0 Å². The Morgan fingerprint density at radius 2 is 1.75 bits per heavy atom. The van der Waals surface area contributed by atoms with E-state index in [0.29, 0.717) is 6.04 Å². The fourth-order valence-electron chi connectivity index (χ4n) is 3.21. The zero-order chi connectivity index (χ0) is 17.3. The summed E-state index contributed by atoms with van der Waals surface area (Å²) in [5.41, 5.74) is 5.13. The molecule has 4 heteroatoms. The molecule has 0 bridgehead atoms. The van der Waals surface area contributed by atoms with Gasteiger partial charge >= 0.3 is 0 Å². The summed E-state index contributed by atoms with van der Waals surface area (Å²) in [6.45, 7) is 16.8. The number of aromatic nitrogens is 1. The number of hydrogen-bond donors (Lipinski definition) is 0. The van der Waals surface area contributed by atoms with Crippen molar-refractivity contribution in [3.05, 3.63) is 39.9 Å². The standard InChI is InChI=1S/C20H29N3S/c1-14(2)23-10-8-22(9-11-23)13-19-17(5)21-20(24-19)18-7-6-15(3)16(4)12-18/h6-7,12,14H,8-11,13H2,1-5H3. The summed E-state index contributed by atoms with van der Waals surface area (Å²) in [4.78, 5) is 11.4. The van der Waals surface area contributed by atoms with E-state index < -0.39 is 0 Å². The van der Waals surface area contributed by atoms with Gasteiger partial charge in [-0.1, -0.05) is 12.1 Å². The Morgan fingerprint density at radius 1 is 1.04 bits per heavy atom. The van der Waals surface area contributed by atoms with Crippen LogP contribution >= 0.6 is 11.3 Å². The third-order valence-corrected chi connectivity index (χ3v) is 6.34. The first-order chi connectivity index (χ1) is 11.4. The van der Waals surface area contributed by atoms with Crippen LogP contribution in [0.15, 0.2) is 18.2 Å². The summed E-state index contributed by atoms with van der Waals surface area (Å²) in [6.07, 6.45) is 0. The predicted octanol–water partition coefficient (Wildman–Crippen LogP) is 4.26. The number of thiazole rings is 1. The van der Waals surface area contributed by atoms with E-state index in [-0.39, 0.29) is 0 Å². The molecule has 0 radical (unpaired) electrons. The lowest BCUT2D eigenvalue weighted by molar-refractivity contribution is 0.104. The van der Waals surface area contributed by atoms with Crippen LogP contribution in [0.4, 0.5) is 0 Å². The first-order valence-electron chi connectivity index (χ1n) is 8.94. The normalized spacial score (nSPS) is 16.9. The Labute approximate surface area is 150 Å². The summed E-state index contributed by atoms with van der Waals surface area (Å²) in [7, 11) is 0. The maximum absolute atomic E-state index is 4.84. The Kier molecular flexibility index (Phi) is 5.38. The van der Waals surface area contributed by atoms with Crippen LogP contribution in [-0.4, -0.2) is 47.0 Å². The molecule has 1 saturated heterocycles. The predicted molar refractivity (Wildman–Crippen MR) is 104 cm³/mol. The molecule has 3 nitrogen and oxygen atoms in total. The molecule has 0 spiro atoms. The van der Waals surface area contributed by atoms with Gasteiger partial charge in [0, 0.05) is 49.2 Å². The van der Waals surface area contributed by atoms with E-state index in [4.69, 9.17) is 4.98 Å². The average Bonchev–Trinajstić information content (AvgIpc) is 2.91. The highest BCUT2D eigenvalue weighted by Crippen LogP contribution is 2.30. The molecular weight excluding hydrogens is 314 g/mol. The maximum atomic E-state index is 4.84. The molecule has 0 unspecified atom stereocenters. The number of piperazine rings is 1. The van der Waals surface area contributed by atoms with Crippen LogP contribution in [0.1, 0.15) is 35.5 Å². The minimum atomic E-state index is 0.661. The van der Waals surface area contributed by atoms with Gasteiger partial charge in [-0.2, -0.15) is 0 Å². The van der Waals surface area contributed by atoms with Crippen LogP contribution in [0.25, 0.3) is 10.6 Å². The first kappa shape index (κ1) is 17.6. The molecule has 1 aromatic carbocycles. The summed E-state index contributed by atoms with van der Waals surface area (Å²) in [5.74, 6) is 0. The third-order valence-electron chi connectivity index (χ3n) is 5.15. The number of aryl methyl sites for hydroxylation is 3. The molecule has 130 valence electrons. The zero-order valence-electron chi connectivity index (χ0n) is 15.6. The molecule has 1 aliphatic heterocycles. The first-order valence-corrected chi connectivity index (χ1v) is 9.76. The lowest BCUT2D eigenvalue weighted by Gasteiger charge is -2.36. The molecule has 2 aromatic rings. The van der Waals surface area contributed by atoms with Crippen molar-refractivity contribution in [1.82, 2.24) is 14.8 Å². The van der Waals surface area contributed by atoms with E-state index in [2.05, 4.69) is 62.6 Å². The summed E-state index contributed by atoms with van der Waals surface area (Å²) < 4.78 is 0. The zero-order valence-corrected chi connectivity index (χ0v) is 16.4. The van der Waals surface area contributed by atoms with E-state index in [1.54, 1.807) is 0 Å². The highest BCUT2D eigenvalue weighted by atomic mass is 32.1. The van der Waals surface area contributed by atoms with E-state index in [1.165, 1.54) is 40.4 Å². The van der Waals surface area contributed by atoms with Crippen molar-refractivity contribution < 1.29 is 0 Å². The summed E-state index contributed by atoms with van der Waals surface area (Å²) in [6, 6.07) is 7.32. The molecule has 0 N–H and O–H groups in total. The van der Waals surface area contributed by atoms with Gasteiger partial charge in [0.15, 0.2) is 0 Å². The summed E-state index contributed by atoms with van der Waals surface area (Å²) >= 11 is 1.86. The molecule has 24 heavy (non-hydrogen) atoms. The van der Waals surface area contributed by atoms with Gasteiger partial charge in [0.25, 0.3) is 0 Å². The fourth-order valence-corrected chi connectivity index (χ4v) is 4.31. The number of rotatable bonds is 4. The lowest BCUT2D eigenvalue weighted by atomic mass is 10.1. The number of benzene rings is 1. The molecule has 1 fully saturated rings. The Bertz CT molecular complexity index is 697. The highest BCUT2D eigenvalue weighted by Gasteiger charge is 2.20. The smallest absolute Gasteiger partial charge is 0.123 e. The Hall–Kier alpha value is -1.23. The van der Waals surface area contributed by atoms with Crippen molar-refractivity contribution in [2.45, 2.75) is 47.2 Å². The van der Waals surface area contributed by atoms with E-state index in [0.717, 1.165) is 24.6 Å². The van der Waals surface area contributed by atoms with Gasteiger partial charge < -0.3 is 0 Å². The lowest BCUT2D eigenvalue weighted by Crippen LogP contribution is -2.48. The van der Waals surface area contributed by atoms with Crippen LogP contribution in [0, 0.1) is 20.8 Å². The largest absolute Gasteiger partial charge is 0.298 e. The molecule has 0 atom stereocenters. The van der Waals surface area contributed by atoms with Crippen molar-refractivity contribution >= 4 is 11.3 Å². The Balaban J connectivity index is 1.69. The molecule has 2 heterocycles. The second-order valence-corrected chi connectivity index (χ2v) is 8.32. The minimum absolute atomic E-state index is 0.661. The van der Waals surface area contributed by atoms with Crippen LogP contribution in [0.5, 0.6) is 0 Å². The monoisotopic (exact) mass is 343 g/mol. The van der Waals surface area contributed by atoms with Gasteiger partial charge in [0.05, 0.1) is 5.69 Å². The Morgan fingerprint density at radius 3 is 2.38 bits per heavy atom. The maximum Gasteiger partial charge on any atom is 0.123 e. The quantitative estimate of drug-likeness (QED) is 0.827. The molecule has 0 aliphatic carbocycles. The van der Waals surface area contributed by atoms with Gasteiger partial charge in [-0.15, -0.1) is 11.3 Å². The third kappa shape index (κ3) is 3.88. The van der Waals surface area contributed by atoms with Gasteiger partial charge in [0.2, 0.25) is 0 Å². The van der Waals surface area contributed by atoms with E-state index >= 15 is 0 Å². The van der Waals surface area contributed by atoms with Gasteiger partial charge in [0.1, 0.15) is 5.01 Å². The van der Waals surface area contributed by atoms with E-state index in [1.807, 2.05) is 11.3 Å². The highest BCUT2D eigenvalue weighted by molar-refractivity contribution is 7.15. The number of nitrogens with zero attached hydrogens (tertiary/aromatic N) is 3. The van der Waals surface area contributed by atoms with Crippen LogP contribution in [-0.2, 0) is 6.54 Å². The molecule has 0 amide bonds. The van der Waals surface area contributed by atoms with Crippen molar-refractivity contribution in [1.29, 1.82) is 0 Å².